The molecule has 0 saturated carbocycles. The van der Waals surface area contributed by atoms with Crippen molar-refractivity contribution in [2.45, 2.75) is 26.7 Å². The number of aryl methyl sites for hydroxylation is 1. The summed E-state index contributed by atoms with van der Waals surface area (Å²) in [5.74, 6) is 0.0285. The van der Waals surface area contributed by atoms with Crippen LogP contribution in [-0.2, 0) is 4.79 Å². The lowest BCUT2D eigenvalue weighted by atomic mass is 10.0. The van der Waals surface area contributed by atoms with Crippen LogP contribution in [0.4, 0.5) is 11.4 Å². The highest BCUT2D eigenvalue weighted by atomic mass is 16.2. The summed E-state index contributed by atoms with van der Waals surface area (Å²) in [4.78, 5) is 29.3. The highest BCUT2D eigenvalue weighted by Crippen LogP contribution is 2.24. The van der Waals surface area contributed by atoms with Gasteiger partial charge in [0.05, 0.1) is 12.1 Å². The van der Waals surface area contributed by atoms with Gasteiger partial charge in [-0.05, 0) is 50.5 Å². The summed E-state index contributed by atoms with van der Waals surface area (Å²) < 4.78 is 0. The molecule has 142 valence electrons. The molecule has 1 aliphatic rings. The first-order valence-electron chi connectivity index (χ1n) is 9.60. The highest BCUT2D eigenvalue weighted by molar-refractivity contribution is 6.02. The highest BCUT2D eigenvalue weighted by Gasteiger charge is 2.24. The van der Waals surface area contributed by atoms with E-state index >= 15 is 0 Å². The number of likely N-dealkylation sites (tertiary alicyclic amines) is 1. The Bertz CT molecular complexity index is 798. The Hall–Kier alpha value is -2.82. The molecule has 1 heterocycles. The third-order valence-electron chi connectivity index (χ3n) is 5.00. The van der Waals surface area contributed by atoms with Crippen molar-refractivity contribution in [3.05, 3.63) is 59.7 Å². The van der Waals surface area contributed by atoms with Crippen molar-refractivity contribution >= 4 is 23.2 Å². The maximum Gasteiger partial charge on any atom is 0.256 e. The molecule has 27 heavy (non-hydrogen) atoms. The van der Waals surface area contributed by atoms with Crippen LogP contribution >= 0.6 is 0 Å². The fraction of sp³-hybridized carbons (Fsp3) is 0.364. The maximum atomic E-state index is 12.9. The molecule has 1 saturated heterocycles. The van der Waals surface area contributed by atoms with Gasteiger partial charge in [-0.2, -0.15) is 0 Å². The molecule has 0 atom stereocenters. The van der Waals surface area contributed by atoms with E-state index in [0.717, 1.165) is 42.9 Å². The molecule has 1 N–H and O–H groups in total. The molecule has 2 aromatic carbocycles. The van der Waals surface area contributed by atoms with Crippen molar-refractivity contribution in [3.8, 4) is 0 Å². The maximum absolute atomic E-state index is 12.9. The molecular weight excluding hydrogens is 338 g/mol. The van der Waals surface area contributed by atoms with Crippen LogP contribution in [0.15, 0.2) is 48.5 Å². The van der Waals surface area contributed by atoms with E-state index < -0.39 is 0 Å². The number of carbonyl (C=O) groups is 2. The van der Waals surface area contributed by atoms with E-state index in [0.29, 0.717) is 12.1 Å². The Labute approximate surface area is 161 Å². The first kappa shape index (κ1) is 19.0. The van der Waals surface area contributed by atoms with Gasteiger partial charge in [-0.15, -0.1) is 0 Å². The molecule has 5 heteroatoms. The largest absolute Gasteiger partial charge is 0.375 e. The van der Waals surface area contributed by atoms with Gasteiger partial charge in [-0.1, -0.05) is 30.3 Å². The summed E-state index contributed by atoms with van der Waals surface area (Å²) in [7, 11) is 0. The Kier molecular flexibility index (Phi) is 6.12. The number of carbonyl (C=O) groups excluding carboxylic acids is 2. The van der Waals surface area contributed by atoms with Crippen LogP contribution < -0.4 is 10.2 Å². The van der Waals surface area contributed by atoms with Gasteiger partial charge in [0.2, 0.25) is 5.91 Å². The number of hydrogen-bond donors (Lipinski definition) is 1. The lowest BCUT2D eigenvalue weighted by Crippen LogP contribution is -2.36. The topological polar surface area (TPSA) is 52.7 Å². The number of benzene rings is 2. The molecule has 0 radical (unpaired) electrons. The molecule has 2 aromatic rings. The third kappa shape index (κ3) is 4.30. The quantitative estimate of drug-likeness (QED) is 0.849. The summed E-state index contributed by atoms with van der Waals surface area (Å²) in [5, 5.41) is 3.20. The number of anilines is 2. The molecular formula is C22H27N3O2. The molecule has 0 aliphatic carbocycles. The second-order valence-electron chi connectivity index (χ2n) is 6.82. The molecule has 0 aromatic heterocycles. The molecule has 1 fully saturated rings. The molecule has 0 bridgehead atoms. The van der Waals surface area contributed by atoms with Crippen molar-refractivity contribution < 1.29 is 9.59 Å². The zero-order chi connectivity index (χ0) is 19.2. The summed E-state index contributed by atoms with van der Waals surface area (Å²) in [6, 6.07) is 15.4. The monoisotopic (exact) mass is 365 g/mol. The smallest absolute Gasteiger partial charge is 0.256 e. The first-order valence-corrected chi connectivity index (χ1v) is 9.60. The third-order valence-corrected chi connectivity index (χ3v) is 5.00. The average Bonchev–Trinajstić information content (AvgIpc) is 3.22. The van der Waals surface area contributed by atoms with E-state index in [2.05, 4.69) is 5.32 Å². The molecule has 1 aliphatic heterocycles. The normalized spacial score (nSPS) is 13.5. The van der Waals surface area contributed by atoms with Crippen molar-refractivity contribution in [2.24, 2.45) is 0 Å². The number of hydrogen-bond acceptors (Lipinski definition) is 3. The lowest BCUT2D eigenvalue weighted by molar-refractivity contribution is -0.116. The predicted molar refractivity (Wildman–Crippen MR) is 109 cm³/mol. The van der Waals surface area contributed by atoms with Crippen molar-refractivity contribution in [2.75, 3.05) is 36.4 Å². The number of likely N-dealkylation sites (N-methyl/N-ethyl adjacent to an activating group) is 1. The van der Waals surface area contributed by atoms with E-state index in [9.17, 15) is 9.59 Å². The number of rotatable bonds is 6. The van der Waals surface area contributed by atoms with E-state index in [1.54, 1.807) is 4.90 Å². The van der Waals surface area contributed by atoms with E-state index in [1.807, 2.05) is 67.3 Å². The molecule has 0 spiro atoms. The van der Waals surface area contributed by atoms with Crippen molar-refractivity contribution in [1.82, 2.24) is 4.90 Å². The van der Waals surface area contributed by atoms with Crippen LogP contribution in [0.1, 0.15) is 35.7 Å². The summed E-state index contributed by atoms with van der Waals surface area (Å²) in [6.07, 6.45) is 2.11. The van der Waals surface area contributed by atoms with Gasteiger partial charge in [0, 0.05) is 31.0 Å². The van der Waals surface area contributed by atoms with Crippen LogP contribution in [0.3, 0.4) is 0 Å². The van der Waals surface area contributed by atoms with Crippen LogP contribution in [-0.4, -0.2) is 42.9 Å². The number of nitrogens with zero attached hydrogens (tertiary/aromatic N) is 2. The number of nitrogens with one attached hydrogen (secondary N) is 1. The van der Waals surface area contributed by atoms with Gasteiger partial charge in [0.1, 0.15) is 0 Å². The van der Waals surface area contributed by atoms with Gasteiger partial charge in [0.15, 0.2) is 0 Å². The van der Waals surface area contributed by atoms with Crippen LogP contribution in [0.25, 0.3) is 0 Å². The van der Waals surface area contributed by atoms with Crippen molar-refractivity contribution in [1.29, 1.82) is 0 Å². The fourth-order valence-electron chi connectivity index (χ4n) is 3.55. The molecule has 5 nitrogen and oxygen atoms in total. The van der Waals surface area contributed by atoms with E-state index in [4.69, 9.17) is 0 Å². The number of amides is 2. The Morgan fingerprint density at radius 1 is 1.04 bits per heavy atom. The van der Waals surface area contributed by atoms with Gasteiger partial charge in [0.25, 0.3) is 5.91 Å². The zero-order valence-corrected chi connectivity index (χ0v) is 16.1. The minimum absolute atomic E-state index is 0.0234. The zero-order valence-electron chi connectivity index (χ0n) is 16.1. The van der Waals surface area contributed by atoms with Crippen LogP contribution in [0.2, 0.25) is 0 Å². The Morgan fingerprint density at radius 2 is 1.74 bits per heavy atom. The summed E-state index contributed by atoms with van der Waals surface area (Å²) >= 11 is 0. The van der Waals surface area contributed by atoms with Gasteiger partial charge in [-0.3, -0.25) is 9.59 Å². The van der Waals surface area contributed by atoms with Gasteiger partial charge < -0.3 is 15.1 Å². The van der Waals surface area contributed by atoms with Crippen molar-refractivity contribution in [3.63, 3.8) is 0 Å². The standard InChI is InChI=1S/C22H27N3O2/c1-3-25(18-11-5-4-6-12-18)20(26)16-23-19-13-9-10-17(2)21(19)22(27)24-14-7-8-15-24/h4-6,9-13,23H,3,7-8,14-16H2,1-2H3. The second kappa shape index (κ2) is 8.71. The molecule has 3 rings (SSSR count). The lowest BCUT2D eigenvalue weighted by Gasteiger charge is -2.23. The van der Waals surface area contributed by atoms with Crippen LogP contribution in [0, 0.1) is 6.92 Å². The summed E-state index contributed by atoms with van der Waals surface area (Å²) in [5.41, 5.74) is 3.21. The Morgan fingerprint density at radius 3 is 2.41 bits per heavy atom. The molecule has 0 unspecified atom stereocenters. The SMILES string of the molecule is CCN(C(=O)CNc1cccc(C)c1C(=O)N1CCCC1)c1ccccc1. The van der Waals surface area contributed by atoms with Crippen LogP contribution in [0.5, 0.6) is 0 Å². The van der Waals surface area contributed by atoms with E-state index in [-0.39, 0.29) is 18.4 Å². The second-order valence-corrected chi connectivity index (χ2v) is 6.82. The van der Waals surface area contributed by atoms with Gasteiger partial charge >= 0.3 is 0 Å². The number of para-hydroxylation sites is 1. The minimum atomic E-state index is -0.0234. The minimum Gasteiger partial charge on any atom is -0.375 e. The summed E-state index contributed by atoms with van der Waals surface area (Å²) in [6.45, 7) is 6.26. The van der Waals surface area contributed by atoms with Gasteiger partial charge in [-0.25, -0.2) is 0 Å². The van der Waals surface area contributed by atoms with E-state index in [1.165, 1.54) is 0 Å². The fourth-order valence-corrected chi connectivity index (χ4v) is 3.55. The molecule has 2 amide bonds. The predicted octanol–water partition coefficient (Wildman–Crippen LogP) is 3.70. The average molecular weight is 365 g/mol. The first-order chi connectivity index (χ1) is 13.1. The Balaban J connectivity index is 1.75.